The number of aromatic nitrogens is 2. The number of nitrogens with two attached hydrogens (primary N) is 1. The van der Waals surface area contributed by atoms with Crippen molar-refractivity contribution in [3.8, 4) is 0 Å². The number of nitrogens with zero attached hydrogens (tertiary/aromatic N) is 3. The molecule has 18 heavy (non-hydrogen) atoms. The Kier molecular flexibility index (Phi) is 4.66. The second-order valence-electron chi connectivity index (χ2n) is 4.71. The summed E-state index contributed by atoms with van der Waals surface area (Å²) in [4.78, 5) is 11.1. The van der Waals surface area contributed by atoms with E-state index in [0.29, 0.717) is 5.92 Å². The second-order valence-corrected chi connectivity index (χ2v) is 5.94. The topological polar surface area (TPSA) is 67.1 Å². The van der Waals surface area contributed by atoms with Crippen molar-refractivity contribution in [1.82, 2.24) is 9.97 Å². The fourth-order valence-electron chi connectivity index (χ4n) is 2.24. The first-order chi connectivity index (χ1) is 8.74. The standard InChI is InChI=1S/C12H21N5S/c1-9(2)10-11(16-13)14-8-15-12(10)17-4-3-6-18-7-5-17/h8-9H,3-7,13H2,1-2H3,(H,14,15,16). The fourth-order valence-corrected chi connectivity index (χ4v) is 3.13. The number of anilines is 2. The van der Waals surface area contributed by atoms with Crippen molar-refractivity contribution in [2.45, 2.75) is 26.2 Å². The van der Waals surface area contributed by atoms with E-state index in [1.807, 2.05) is 11.8 Å². The molecule has 100 valence electrons. The predicted octanol–water partition coefficient (Wildman–Crippen LogP) is 1.83. The van der Waals surface area contributed by atoms with Crippen LogP contribution in [0, 0.1) is 0 Å². The smallest absolute Gasteiger partial charge is 0.148 e. The van der Waals surface area contributed by atoms with E-state index < -0.39 is 0 Å². The number of nitrogen functional groups attached to an aromatic ring is 1. The van der Waals surface area contributed by atoms with Crippen molar-refractivity contribution in [2.75, 3.05) is 34.9 Å². The average molecular weight is 267 g/mol. The third-order valence-electron chi connectivity index (χ3n) is 3.10. The average Bonchev–Trinajstić information content (AvgIpc) is 2.66. The summed E-state index contributed by atoms with van der Waals surface area (Å²) in [5, 5.41) is 0. The molecule has 6 heteroatoms. The lowest BCUT2D eigenvalue weighted by atomic mass is 10.0. The molecule has 0 radical (unpaired) electrons. The summed E-state index contributed by atoms with van der Waals surface area (Å²) in [5.74, 6) is 10.1. The van der Waals surface area contributed by atoms with Gasteiger partial charge in [0.25, 0.3) is 0 Å². The van der Waals surface area contributed by atoms with Crippen LogP contribution in [0.3, 0.4) is 0 Å². The van der Waals surface area contributed by atoms with Gasteiger partial charge in [-0.3, -0.25) is 0 Å². The van der Waals surface area contributed by atoms with Gasteiger partial charge in [0.05, 0.1) is 0 Å². The molecule has 0 spiro atoms. The summed E-state index contributed by atoms with van der Waals surface area (Å²) in [6.45, 7) is 6.41. The summed E-state index contributed by atoms with van der Waals surface area (Å²) in [6, 6.07) is 0. The van der Waals surface area contributed by atoms with Gasteiger partial charge in [0, 0.05) is 24.4 Å². The van der Waals surface area contributed by atoms with Crippen LogP contribution in [0.15, 0.2) is 6.33 Å². The Hall–Kier alpha value is -1.01. The highest BCUT2D eigenvalue weighted by atomic mass is 32.2. The zero-order valence-corrected chi connectivity index (χ0v) is 11.8. The van der Waals surface area contributed by atoms with Crippen LogP contribution in [0.4, 0.5) is 11.6 Å². The van der Waals surface area contributed by atoms with E-state index in [1.54, 1.807) is 6.33 Å². The van der Waals surface area contributed by atoms with Crippen molar-refractivity contribution in [2.24, 2.45) is 5.84 Å². The molecule has 0 saturated carbocycles. The van der Waals surface area contributed by atoms with Crippen LogP contribution in [0.5, 0.6) is 0 Å². The minimum Gasteiger partial charge on any atom is -0.355 e. The van der Waals surface area contributed by atoms with E-state index in [-0.39, 0.29) is 0 Å². The molecule has 0 aliphatic carbocycles. The number of hydrazine groups is 1. The molecule has 2 rings (SSSR count). The maximum atomic E-state index is 5.55. The molecule has 1 aliphatic heterocycles. The first-order valence-corrected chi connectivity index (χ1v) is 7.53. The molecule has 1 aromatic heterocycles. The quantitative estimate of drug-likeness (QED) is 0.643. The Bertz CT molecular complexity index is 388. The van der Waals surface area contributed by atoms with E-state index >= 15 is 0 Å². The third kappa shape index (κ3) is 2.87. The molecule has 3 N–H and O–H groups in total. The van der Waals surface area contributed by atoms with Gasteiger partial charge in [-0.2, -0.15) is 11.8 Å². The van der Waals surface area contributed by atoms with Crippen LogP contribution in [0.1, 0.15) is 31.7 Å². The first kappa shape index (κ1) is 13.4. The largest absolute Gasteiger partial charge is 0.355 e. The molecule has 1 aromatic rings. The molecule has 1 fully saturated rings. The van der Waals surface area contributed by atoms with Gasteiger partial charge >= 0.3 is 0 Å². The summed E-state index contributed by atoms with van der Waals surface area (Å²) in [5.41, 5.74) is 3.81. The van der Waals surface area contributed by atoms with E-state index in [4.69, 9.17) is 5.84 Å². The first-order valence-electron chi connectivity index (χ1n) is 6.38. The molecule has 1 saturated heterocycles. The van der Waals surface area contributed by atoms with E-state index in [0.717, 1.165) is 36.0 Å². The molecule has 0 amide bonds. The Morgan fingerprint density at radius 3 is 2.89 bits per heavy atom. The van der Waals surface area contributed by atoms with Crippen molar-refractivity contribution in [3.63, 3.8) is 0 Å². The van der Waals surface area contributed by atoms with Crippen LogP contribution < -0.4 is 16.2 Å². The van der Waals surface area contributed by atoms with Crippen molar-refractivity contribution < 1.29 is 0 Å². The SMILES string of the molecule is CC(C)c1c(NN)ncnc1N1CCCSCC1. The van der Waals surface area contributed by atoms with Gasteiger partial charge in [-0.1, -0.05) is 13.8 Å². The lowest BCUT2D eigenvalue weighted by Gasteiger charge is -2.26. The summed E-state index contributed by atoms with van der Waals surface area (Å²) in [6.07, 6.45) is 2.80. The maximum absolute atomic E-state index is 5.55. The maximum Gasteiger partial charge on any atom is 0.148 e. The van der Waals surface area contributed by atoms with Crippen LogP contribution in [-0.4, -0.2) is 34.6 Å². The number of nitrogens with one attached hydrogen (secondary N) is 1. The predicted molar refractivity (Wildman–Crippen MR) is 78.1 cm³/mol. The highest BCUT2D eigenvalue weighted by molar-refractivity contribution is 7.99. The summed E-state index contributed by atoms with van der Waals surface area (Å²) in [7, 11) is 0. The monoisotopic (exact) mass is 267 g/mol. The summed E-state index contributed by atoms with van der Waals surface area (Å²) >= 11 is 2.01. The number of hydrogen-bond acceptors (Lipinski definition) is 6. The lowest BCUT2D eigenvalue weighted by molar-refractivity contribution is 0.766. The highest BCUT2D eigenvalue weighted by Crippen LogP contribution is 2.31. The minimum absolute atomic E-state index is 0.350. The molecular weight excluding hydrogens is 246 g/mol. The molecule has 1 aliphatic rings. The molecule has 0 atom stereocenters. The fraction of sp³-hybridized carbons (Fsp3) is 0.667. The number of hydrogen-bond donors (Lipinski definition) is 2. The second kappa shape index (κ2) is 6.24. The minimum atomic E-state index is 0.350. The number of rotatable bonds is 3. The Morgan fingerprint density at radius 1 is 1.33 bits per heavy atom. The molecule has 0 unspecified atom stereocenters. The summed E-state index contributed by atoms with van der Waals surface area (Å²) < 4.78 is 0. The van der Waals surface area contributed by atoms with Gasteiger partial charge in [-0.25, -0.2) is 15.8 Å². The van der Waals surface area contributed by atoms with Crippen LogP contribution in [0.2, 0.25) is 0 Å². The van der Waals surface area contributed by atoms with Gasteiger partial charge in [0.1, 0.15) is 18.0 Å². The molecule has 0 aromatic carbocycles. The molecule has 2 heterocycles. The molecule has 5 nitrogen and oxygen atoms in total. The van der Waals surface area contributed by atoms with Crippen LogP contribution in [-0.2, 0) is 0 Å². The van der Waals surface area contributed by atoms with E-state index in [2.05, 4.69) is 34.1 Å². The normalized spacial score (nSPS) is 16.8. The van der Waals surface area contributed by atoms with Crippen molar-refractivity contribution in [1.29, 1.82) is 0 Å². The van der Waals surface area contributed by atoms with Crippen molar-refractivity contribution in [3.05, 3.63) is 11.9 Å². The van der Waals surface area contributed by atoms with Gasteiger partial charge in [0.15, 0.2) is 0 Å². The van der Waals surface area contributed by atoms with Gasteiger partial charge in [0.2, 0.25) is 0 Å². The lowest BCUT2D eigenvalue weighted by Crippen LogP contribution is -2.28. The Balaban J connectivity index is 2.35. The van der Waals surface area contributed by atoms with Gasteiger partial charge in [-0.15, -0.1) is 0 Å². The van der Waals surface area contributed by atoms with Crippen LogP contribution in [0.25, 0.3) is 0 Å². The van der Waals surface area contributed by atoms with Gasteiger partial charge < -0.3 is 10.3 Å². The third-order valence-corrected chi connectivity index (χ3v) is 4.15. The molecule has 0 bridgehead atoms. The number of thioether (sulfide) groups is 1. The highest BCUT2D eigenvalue weighted by Gasteiger charge is 2.20. The van der Waals surface area contributed by atoms with E-state index in [9.17, 15) is 0 Å². The van der Waals surface area contributed by atoms with Crippen molar-refractivity contribution >= 4 is 23.4 Å². The van der Waals surface area contributed by atoms with E-state index in [1.165, 1.54) is 12.2 Å². The van der Waals surface area contributed by atoms with Gasteiger partial charge in [-0.05, 0) is 18.1 Å². The zero-order chi connectivity index (χ0) is 13.0. The Morgan fingerprint density at radius 2 is 2.17 bits per heavy atom. The zero-order valence-electron chi connectivity index (χ0n) is 11.0. The molecular formula is C12H21N5S. The van der Waals surface area contributed by atoms with Crippen LogP contribution >= 0.6 is 11.8 Å². The Labute approximate surface area is 113 Å².